The molecule has 1 aromatic heterocycles. The van der Waals surface area contributed by atoms with E-state index in [1.165, 1.54) is 25.6 Å². The molecule has 9 nitrogen and oxygen atoms in total. The molecule has 2 heterocycles. The average molecular weight is 397 g/mol. The molecule has 27 heavy (non-hydrogen) atoms. The van der Waals surface area contributed by atoms with Crippen LogP contribution in [0.1, 0.15) is 27.2 Å². The monoisotopic (exact) mass is 397 g/mol. The van der Waals surface area contributed by atoms with Crippen LogP contribution >= 0.6 is 11.3 Å². The van der Waals surface area contributed by atoms with Crippen molar-refractivity contribution in [1.29, 1.82) is 0 Å². The highest BCUT2D eigenvalue weighted by Gasteiger charge is 2.33. The van der Waals surface area contributed by atoms with Crippen LogP contribution in [0.2, 0.25) is 0 Å². The molecule has 0 aliphatic carbocycles. The van der Waals surface area contributed by atoms with Gasteiger partial charge in [0.2, 0.25) is 11.8 Å². The third-order valence-electron chi connectivity index (χ3n) is 4.40. The summed E-state index contributed by atoms with van der Waals surface area (Å²) >= 11 is 1.29. The highest BCUT2D eigenvalue weighted by atomic mass is 32.1. The second-order valence-corrected chi connectivity index (χ2v) is 7.31. The van der Waals surface area contributed by atoms with E-state index in [-0.39, 0.29) is 24.8 Å². The van der Waals surface area contributed by atoms with Gasteiger partial charge < -0.3 is 20.1 Å². The normalized spacial score (nSPS) is 17.2. The Morgan fingerprint density at radius 1 is 1.26 bits per heavy atom. The third kappa shape index (κ3) is 4.83. The van der Waals surface area contributed by atoms with Gasteiger partial charge in [0.1, 0.15) is 11.0 Å². The minimum absolute atomic E-state index is 0.0916. The highest BCUT2D eigenvalue weighted by Crippen LogP contribution is 2.32. The Hall–Kier alpha value is -2.46. The molecule has 10 heteroatoms. The molecule has 148 valence electrons. The number of rotatable bonds is 6. The maximum atomic E-state index is 12.5. The number of hydrogen-bond acceptors (Lipinski definition) is 8. The molecule has 1 aliphatic rings. The van der Waals surface area contributed by atoms with E-state index in [0.717, 1.165) is 10.4 Å². The van der Waals surface area contributed by atoms with Crippen molar-refractivity contribution < 1.29 is 28.7 Å². The zero-order chi connectivity index (χ0) is 20.1. The van der Waals surface area contributed by atoms with Gasteiger partial charge in [-0.15, -0.1) is 11.3 Å². The number of nitrogens with zero attached hydrogens (tertiary/aromatic N) is 1. The standard InChI is InChI=1S/C17H23N3O6S/c1-9-10(2)27-16(14(9)17(24)26-4)19-12(21)8-20-6-5-18-15(23)11(20)7-13(22)25-3/h11H,5-8H2,1-4H3,(H,18,23)(H,19,21)/t11-/m1/s1. The second-order valence-electron chi connectivity index (χ2n) is 6.08. The van der Waals surface area contributed by atoms with E-state index in [1.54, 1.807) is 11.8 Å². The second kappa shape index (κ2) is 8.96. The highest BCUT2D eigenvalue weighted by molar-refractivity contribution is 7.16. The fraction of sp³-hybridized carbons (Fsp3) is 0.529. The number of hydrogen-bond donors (Lipinski definition) is 2. The molecule has 2 rings (SSSR count). The molecule has 2 amide bonds. The Morgan fingerprint density at radius 3 is 2.59 bits per heavy atom. The van der Waals surface area contributed by atoms with Crippen LogP contribution in [0.5, 0.6) is 0 Å². The number of esters is 2. The summed E-state index contributed by atoms with van der Waals surface area (Å²) in [5.41, 5.74) is 1.08. The topological polar surface area (TPSA) is 114 Å². The maximum absolute atomic E-state index is 12.5. The van der Waals surface area contributed by atoms with Crippen molar-refractivity contribution >= 4 is 40.1 Å². The van der Waals surface area contributed by atoms with Crippen molar-refractivity contribution in [2.24, 2.45) is 0 Å². The van der Waals surface area contributed by atoms with Gasteiger partial charge in [-0.25, -0.2) is 4.79 Å². The smallest absolute Gasteiger partial charge is 0.341 e. The molecule has 0 spiro atoms. The number of thiophene rings is 1. The van der Waals surface area contributed by atoms with Crippen LogP contribution in [-0.4, -0.2) is 68.5 Å². The summed E-state index contributed by atoms with van der Waals surface area (Å²) in [7, 11) is 2.53. The van der Waals surface area contributed by atoms with E-state index >= 15 is 0 Å². The van der Waals surface area contributed by atoms with Gasteiger partial charge in [-0.3, -0.25) is 19.3 Å². The first-order chi connectivity index (χ1) is 12.8. The van der Waals surface area contributed by atoms with E-state index < -0.39 is 18.0 Å². The summed E-state index contributed by atoms with van der Waals surface area (Å²) in [5.74, 6) is -1.75. The molecule has 0 radical (unpaired) electrons. The SMILES string of the molecule is COC(=O)C[C@@H]1C(=O)NCCN1CC(=O)Nc1sc(C)c(C)c1C(=O)OC. The first kappa shape index (κ1) is 20.8. The summed E-state index contributed by atoms with van der Waals surface area (Å²) in [6.45, 7) is 4.35. The minimum atomic E-state index is -0.774. The zero-order valence-electron chi connectivity index (χ0n) is 15.7. The Labute approximate surface area is 161 Å². The lowest BCUT2D eigenvalue weighted by atomic mass is 10.1. The maximum Gasteiger partial charge on any atom is 0.341 e. The molecule has 0 saturated carbocycles. The zero-order valence-corrected chi connectivity index (χ0v) is 16.5. The predicted octanol–water partition coefficient (Wildman–Crippen LogP) is 0.454. The number of piperazine rings is 1. The molecule has 1 saturated heterocycles. The number of nitrogens with one attached hydrogen (secondary N) is 2. The van der Waals surface area contributed by atoms with Crippen LogP contribution in [-0.2, 0) is 23.9 Å². The predicted molar refractivity (Wildman–Crippen MR) is 98.8 cm³/mol. The van der Waals surface area contributed by atoms with Crippen LogP contribution in [0.25, 0.3) is 0 Å². The van der Waals surface area contributed by atoms with Crippen molar-refractivity contribution in [3.8, 4) is 0 Å². The molecule has 2 N–H and O–H groups in total. The number of carbonyl (C=O) groups is 4. The van der Waals surface area contributed by atoms with Crippen molar-refractivity contribution in [1.82, 2.24) is 10.2 Å². The number of methoxy groups -OCH3 is 2. The summed E-state index contributed by atoms with van der Waals surface area (Å²) in [4.78, 5) is 50.7. The van der Waals surface area contributed by atoms with Crippen LogP contribution in [0.4, 0.5) is 5.00 Å². The molecular weight excluding hydrogens is 374 g/mol. The Morgan fingerprint density at radius 2 is 1.96 bits per heavy atom. The molecule has 1 aromatic rings. The lowest BCUT2D eigenvalue weighted by molar-refractivity contribution is -0.146. The van der Waals surface area contributed by atoms with Gasteiger partial charge in [0.15, 0.2) is 0 Å². The quantitative estimate of drug-likeness (QED) is 0.670. The number of carbonyl (C=O) groups excluding carboxylic acids is 4. The van der Waals surface area contributed by atoms with Crippen LogP contribution in [0, 0.1) is 13.8 Å². The lowest BCUT2D eigenvalue weighted by Crippen LogP contribution is -2.57. The number of anilines is 1. The molecular formula is C17H23N3O6S. The average Bonchev–Trinajstić information content (AvgIpc) is 2.90. The van der Waals surface area contributed by atoms with E-state index in [4.69, 9.17) is 4.74 Å². The van der Waals surface area contributed by atoms with Gasteiger partial charge in [-0.05, 0) is 19.4 Å². The summed E-state index contributed by atoms with van der Waals surface area (Å²) in [6, 6.07) is -0.774. The molecule has 0 unspecified atom stereocenters. The van der Waals surface area contributed by atoms with Gasteiger partial charge in [-0.2, -0.15) is 0 Å². The van der Waals surface area contributed by atoms with Gasteiger partial charge in [0.25, 0.3) is 0 Å². The summed E-state index contributed by atoms with van der Waals surface area (Å²) in [6.07, 6.45) is -0.139. The number of aryl methyl sites for hydroxylation is 1. The van der Waals surface area contributed by atoms with E-state index in [1.807, 2.05) is 6.92 Å². The molecule has 0 bridgehead atoms. The van der Waals surface area contributed by atoms with Crippen molar-refractivity contribution in [3.63, 3.8) is 0 Å². The number of amides is 2. The molecule has 0 aromatic carbocycles. The van der Waals surface area contributed by atoms with E-state index in [2.05, 4.69) is 15.4 Å². The van der Waals surface area contributed by atoms with Crippen molar-refractivity contribution in [2.75, 3.05) is 39.2 Å². The van der Waals surface area contributed by atoms with Crippen LogP contribution in [0.3, 0.4) is 0 Å². The summed E-state index contributed by atoms with van der Waals surface area (Å²) in [5, 5.41) is 5.81. The molecule has 1 fully saturated rings. The molecule has 1 aliphatic heterocycles. The Bertz CT molecular complexity index is 760. The summed E-state index contributed by atoms with van der Waals surface area (Å²) < 4.78 is 9.42. The van der Waals surface area contributed by atoms with E-state index in [9.17, 15) is 19.2 Å². The fourth-order valence-corrected chi connectivity index (χ4v) is 3.89. The van der Waals surface area contributed by atoms with Gasteiger partial charge in [-0.1, -0.05) is 0 Å². The third-order valence-corrected chi connectivity index (χ3v) is 5.53. The van der Waals surface area contributed by atoms with E-state index in [0.29, 0.717) is 23.7 Å². The van der Waals surface area contributed by atoms with Crippen molar-refractivity contribution in [3.05, 3.63) is 16.0 Å². The largest absolute Gasteiger partial charge is 0.469 e. The Kier molecular flexibility index (Phi) is 6.92. The number of ether oxygens (including phenoxy) is 2. The van der Waals surface area contributed by atoms with Crippen LogP contribution < -0.4 is 10.6 Å². The molecule has 1 atom stereocenters. The lowest BCUT2D eigenvalue weighted by Gasteiger charge is -2.33. The van der Waals surface area contributed by atoms with Crippen LogP contribution in [0.15, 0.2) is 0 Å². The van der Waals surface area contributed by atoms with Crippen molar-refractivity contribution in [2.45, 2.75) is 26.3 Å². The fourth-order valence-electron chi connectivity index (χ4n) is 2.83. The first-order valence-electron chi connectivity index (χ1n) is 8.35. The first-order valence-corrected chi connectivity index (χ1v) is 9.16. The Balaban J connectivity index is 2.12. The van der Waals surface area contributed by atoms with Gasteiger partial charge in [0, 0.05) is 18.0 Å². The van der Waals surface area contributed by atoms with Gasteiger partial charge >= 0.3 is 11.9 Å². The van der Waals surface area contributed by atoms with Gasteiger partial charge in [0.05, 0.1) is 32.7 Å². The minimum Gasteiger partial charge on any atom is -0.469 e.